The van der Waals surface area contributed by atoms with Crippen LogP contribution in [0.3, 0.4) is 0 Å². The highest BCUT2D eigenvalue weighted by molar-refractivity contribution is 5.96. The fraction of sp³-hybridized carbons (Fsp3) is 0.762. The molecule has 0 aromatic heterocycles. The SMILES string of the molecule is COC(=O)[C@H](CCCCNC(=O)N1CCCCCC1=O)NC(=O)N1CCCCCC1=O. The van der Waals surface area contributed by atoms with Crippen LogP contribution >= 0.6 is 0 Å². The van der Waals surface area contributed by atoms with Gasteiger partial charge in [-0.15, -0.1) is 0 Å². The van der Waals surface area contributed by atoms with Gasteiger partial charge < -0.3 is 15.4 Å². The lowest BCUT2D eigenvalue weighted by Crippen LogP contribution is -2.50. The van der Waals surface area contributed by atoms with Crippen molar-refractivity contribution in [3.63, 3.8) is 0 Å². The van der Waals surface area contributed by atoms with E-state index in [0.717, 1.165) is 38.5 Å². The van der Waals surface area contributed by atoms with Gasteiger partial charge in [0.05, 0.1) is 7.11 Å². The number of esters is 1. The van der Waals surface area contributed by atoms with E-state index in [0.29, 0.717) is 51.7 Å². The van der Waals surface area contributed by atoms with E-state index >= 15 is 0 Å². The molecule has 2 rings (SSSR count). The number of methoxy groups -OCH3 is 1. The molecule has 10 heteroatoms. The number of imide groups is 2. The third-order valence-corrected chi connectivity index (χ3v) is 5.62. The van der Waals surface area contributed by atoms with Crippen LogP contribution in [0, 0.1) is 0 Å². The van der Waals surface area contributed by atoms with Crippen LogP contribution in [0.25, 0.3) is 0 Å². The van der Waals surface area contributed by atoms with Crippen LogP contribution in [0.4, 0.5) is 9.59 Å². The number of nitrogens with zero attached hydrogens (tertiary/aromatic N) is 2. The largest absolute Gasteiger partial charge is 0.467 e. The van der Waals surface area contributed by atoms with Crippen molar-refractivity contribution in [3.8, 4) is 0 Å². The molecule has 10 nitrogen and oxygen atoms in total. The molecule has 0 radical (unpaired) electrons. The standard InChI is InChI=1S/C21H34N4O6/c1-31-19(28)16(23-21(30)25-15-9-3-5-12-18(25)27)10-6-7-13-22-20(29)24-14-8-2-4-11-17(24)26/h16H,2-15H2,1H3,(H,22,29)(H,23,30)/t16-/m0/s1. The first kappa shape index (κ1) is 24.6. The van der Waals surface area contributed by atoms with E-state index in [1.54, 1.807) is 0 Å². The summed E-state index contributed by atoms with van der Waals surface area (Å²) in [6, 6.07) is -1.82. The molecule has 31 heavy (non-hydrogen) atoms. The van der Waals surface area contributed by atoms with Crippen molar-refractivity contribution in [3.05, 3.63) is 0 Å². The summed E-state index contributed by atoms with van der Waals surface area (Å²) in [4.78, 5) is 63.3. The smallest absolute Gasteiger partial charge is 0.328 e. The number of amides is 6. The van der Waals surface area contributed by atoms with Crippen LogP contribution in [0.2, 0.25) is 0 Å². The Bertz CT molecular complexity index is 668. The summed E-state index contributed by atoms with van der Waals surface area (Å²) in [5.41, 5.74) is 0. The summed E-state index contributed by atoms with van der Waals surface area (Å²) >= 11 is 0. The van der Waals surface area contributed by atoms with Crippen LogP contribution in [0.15, 0.2) is 0 Å². The highest BCUT2D eigenvalue weighted by Crippen LogP contribution is 2.13. The van der Waals surface area contributed by atoms with Crippen molar-refractivity contribution in [2.24, 2.45) is 0 Å². The minimum atomic E-state index is -0.864. The molecule has 2 aliphatic heterocycles. The molecule has 6 amide bonds. The van der Waals surface area contributed by atoms with Gasteiger partial charge in [-0.05, 0) is 44.9 Å². The first-order valence-corrected chi connectivity index (χ1v) is 11.2. The number of hydrogen-bond acceptors (Lipinski definition) is 6. The fourth-order valence-corrected chi connectivity index (χ4v) is 3.78. The Balaban J connectivity index is 1.76. The average molecular weight is 439 g/mol. The quantitative estimate of drug-likeness (QED) is 0.462. The lowest BCUT2D eigenvalue weighted by atomic mass is 10.1. The summed E-state index contributed by atoms with van der Waals surface area (Å²) in [6.07, 6.45) is 7.14. The molecule has 2 N–H and O–H groups in total. The zero-order chi connectivity index (χ0) is 22.6. The molecule has 2 aliphatic rings. The maximum Gasteiger partial charge on any atom is 0.328 e. The van der Waals surface area contributed by atoms with E-state index < -0.39 is 18.0 Å². The van der Waals surface area contributed by atoms with E-state index in [-0.39, 0.29) is 17.8 Å². The zero-order valence-electron chi connectivity index (χ0n) is 18.3. The lowest BCUT2D eigenvalue weighted by molar-refractivity contribution is -0.143. The Labute approximate surface area is 183 Å². The zero-order valence-corrected chi connectivity index (χ0v) is 18.3. The highest BCUT2D eigenvalue weighted by Gasteiger charge is 2.28. The summed E-state index contributed by atoms with van der Waals surface area (Å²) in [7, 11) is 1.25. The fourth-order valence-electron chi connectivity index (χ4n) is 3.78. The highest BCUT2D eigenvalue weighted by atomic mass is 16.5. The Morgan fingerprint density at radius 1 is 0.871 bits per heavy atom. The van der Waals surface area contributed by atoms with Crippen molar-refractivity contribution in [2.45, 2.75) is 76.7 Å². The Kier molecular flexibility index (Phi) is 10.3. The van der Waals surface area contributed by atoms with Crippen molar-refractivity contribution < 1.29 is 28.7 Å². The second kappa shape index (κ2) is 12.9. The van der Waals surface area contributed by atoms with Crippen molar-refractivity contribution in [2.75, 3.05) is 26.7 Å². The molecule has 0 aliphatic carbocycles. The maximum absolute atomic E-state index is 12.5. The normalized spacial score (nSPS) is 18.6. The van der Waals surface area contributed by atoms with Crippen LogP contribution in [-0.4, -0.2) is 72.4 Å². The molecule has 0 saturated carbocycles. The van der Waals surface area contributed by atoms with E-state index in [2.05, 4.69) is 10.6 Å². The molecule has 0 spiro atoms. The molecular formula is C21H34N4O6. The van der Waals surface area contributed by atoms with Crippen LogP contribution in [0.1, 0.15) is 70.6 Å². The van der Waals surface area contributed by atoms with E-state index in [1.807, 2.05) is 0 Å². The molecule has 0 aromatic carbocycles. The topological polar surface area (TPSA) is 125 Å². The molecular weight excluding hydrogens is 404 g/mol. The number of urea groups is 2. The molecule has 2 saturated heterocycles. The molecule has 0 bridgehead atoms. The number of unbranched alkanes of at least 4 members (excludes halogenated alkanes) is 1. The van der Waals surface area contributed by atoms with Gasteiger partial charge in [0.25, 0.3) is 0 Å². The van der Waals surface area contributed by atoms with E-state index in [9.17, 15) is 24.0 Å². The number of carbonyl (C=O) groups is 5. The van der Waals surface area contributed by atoms with Crippen LogP contribution < -0.4 is 10.6 Å². The minimum absolute atomic E-state index is 0.147. The summed E-state index contributed by atoms with van der Waals surface area (Å²) in [5, 5.41) is 5.35. The lowest BCUT2D eigenvalue weighted by Gasteiger charge is -2.23. The number of likely N-dealkylation sites (tertiary alicyclic amines) is 2. The van der Waals surface area contributed by atoms with Gasteiger partial charge >= 0.3 is 18.0 Å². The third kappa shape index (κ3) is 7.84. The van der Waals surface area contributed by atoms with Gasteiger partial charge in [0.15, 0.2) is 0 Å². The van der Waals surface area contributed by atoms with Crippen LogP contribution in [0.5, 0.6) is 0 Å². The second-order valence-corrected chi connectivity index (χ2v) is 7.97. The van der Waals surface area contributed by atoms with Gasteiger partial charge in [0, 0.05) is 32.5 Å². The van der Waals surface area contributed by atoms with Gasteiger partial charge in [-0.3, -0.25) is 19.4 Å². The predicted molar refractivity (Wildman–Crippen MR) is 112 cm³/mol. The van der Waals surface area contributed by atoms with Crippen molar-refractivity contribution in [1.29, 1.82) is 0 Å². The molecule has 2 fully saturated rings. The Morgan fingerprint density at radius 2 is 1.45 bits per heavy atom. The summed E-state index contributed by atoms with van der Waals surface area (Å²) < 4.78 is 4.78. The summed E-state index contributed by atoms with van der Waals surface area (Å²) in [6.45, 7) is 1.14. The molecule has 0 unspecified atom stereocenters. The molecule has 0 aromatic rings. The van der Waals surface area contributed by atoms with E-state index in [4.69, 9.17) is 4.74 Å². The van der Waals surface area contributed by atoms with Crippen molar-refractivity contribution in [1.82, 2.24) is 20.4 Å². The first-order chi connectivity index (χ1) is 14.9. The molecule has 2 heterocycles. The maximum atomic E-state index is 12.5. The third-order valence-electron chi connectivity index (χ3n) is 5.62. The summed E-state index contributed by atoms with van der Waals surface area (Å²) in [5.74, 6) is -0.953. The molecule has 174 valence electrons. The van der Waals surface area contributed by atoms with Gasteiger partial charge in [-0.1, -0.05) is 12.8 Å². The van der Waals surface area contributed by atoms with Gasteiger partial charge in [0.2, 0.25) is 11.8 Å². The Hall–Kier alpha value is -2.65. The van der Waals surface area contributed by atoms with Gasteiger partial charge in [0.1, 0.15) is 6.04 Å². The monoisotopic (exact) mass is 438 g/mol. The number of carbonyl (C=O) groups excluding carboxylic acids is 5. The first-order valence-electron chi connectivity index (χ1n) is 11.2. The number of nitrogens with one attached hydrogen (secondary N) is 2. The number of rotatable bonds is 7. The second-order valence-electron chi connectivity index (χ2n) is 7.97. The number of ether oxygens (including phenoxy) is 1. The van der Waals surface area contributed by atoms with Gasteiger partial charge in [-0.2, -0.15) is 0 Å². The minimum Gasteiger partial charge on any atom is -0.467 e. The molecule has 1 atom stereocenters. The van der Waals surface area contributed by atoms with Crippen LogP contribution in [-0.2, 0) is 19.1 Å². The van der Waals surface area contributed by atoms with E-state index in [1.165, 1.54) is 16.9 Å². The van der Waals surface area contributed by atoms with Crippen molar-refractivity contribution >= 4 is 29.8 Å². The average Bonchev–Trinajstić information content (AvgIpc) is 3.11. The Morgan fingerprint density at radius 3 is 2.03 bits per heavy atom. The van der Waals surface area contributed by atoms with Gasteiger partial charge in [-0.25, -0.2) is 14.4 Å². The predicted octanol–water partition coefficient (Wildman–Crippen LogP) is 1.92. The number of hydrogen-bond donors (Lipinski definition) is 2.